The molecular weight excluding hydrogens is 262 g/mol. The van der Waals surface area contributed by atoms with Crippen LogP contribution in [-0.4, -0.2) is 11.7 Å². The Morgan fingerprint density at radius 1 is 1.05 bits per heavy atom. The smallest absolute Gasteiger partial charge is 0.282 e. The molecule has 0 saturated carbocycles. The van der Waals surface area contributed by atoms with Crippen molar-refractivity contribution in [3.63, 3.8) is 0 Å². The van der Waals surface area contributed by atoms with Gasteiger partial charge in [0.25, 0.3) is 5.91 Å². The number of hydrogen-bond donors (Lipinski definition) is 1. The normalized spacial score (nSPS) is 16.4. The maximum Gasteiger partial charge on any atom is 0.282 e. The minimum Gasteiger partial charge on any atom is -0.399 e. The van der Waals surface area contributed by atoms with E-state index >= 15 is 0 Å². The molecule has 1 aliphatic rings. The molecule has 104 valence electrons. The minimum absolute atomic E-state index is 0.124. The summed E-state index contributed by atoms with van der Waals surface area (Å²) >= 11 is 0. The van der Waals surface area contributed by atoms with E-state index in [2.05, 4.69) is 4.99 Å². The van der Waals surface area contributed by atoms with Crippen molar-refractivity contribution in [3.8, 4) is 0 Å². The molecule has 21 heavy (non-hydrogen) atoms. The monoisotopic (exact) mass is 277 g/mol. The Bertz CT molecular complexity index is 730. The molecule has 0 aliphatic carbocycles. The van der Waals surface area contributed by atoms with E-state index < -0.39 is 0 Å². The second-order valence-electron chi connectivity index (χ2n) is 4.83. The summed E-state index contributed by atoms with van der Waals surface area (Å²) in [6.07, 6.45) is 1.79. The summed E-state index contributed by atoms with van der Waals surface area (Å²) in [5.74, 6) is 0.535. The lowest BCUT2D eigenvalue weighted by Gasteiger charge is -2.15. The summed E-state index contributed by atoms with van der Waals surface area (Å²) in [7, 11) is 0. The molecule has 1 aliphatic heterocycles. The van der Waals surface area contributed by atoms with Crippen LogP contribution >= 0.6 is 0 Å². The van der Waals surface area contributed by atoms with Gasteiger partial charge in [-0.05, 0) is 42.8 Å². The second kappa shape index (κ2) is 5.25. The highest BCUT2D eigenvalue weighted by molar-refractivity contribution is 6.28. The maximum atomic E-state index is 12.5. The second-order valence-corrected chi connectivity index (χ2v) is 4.83. The van der Waals surface area contributed by atoms with Crippen LogP contribution in [0.2, 0.25) is 0 Å². The third-order valence-corrected chi connectivity index (χ3v) is 3.28. The van der Waals surface area contributed by atoms with Crippen molar-refractivity contribution in [1.82, 2.24) is 0 Å². The lowest BCUT2D eigenvalue weighted by Crippen LogP contribution is -2.30. The van der Waals surface area contributed by atoms with Crippen molar-refractivity contribution >= 4 is 29.2 Å². The molecule has 0 bridgehead atoms. The number of carbonyl (C=O) groups excluding carboxylic acids is 1. The Morgan fingerprint density at radius 2 is 1.71 bits per heavy atom. The highest BCUT2D eigenvalue weighted by Gasteiger charge is 2.28. The number of benzene rings is 2. The summed E-state index contributed by atoms with van der Waals surface area (Å²) < 4.78 is 0. The van der Waals surface area contributed by atoms with Crippen molar-refractivity contribution in [1.29, 1.82) is 0 Å². The lowest BCUT2D eigenvalue weighted by molar-refractivity contribution is -0.113. The van der Waals surface area contributed by atoms with E-state index in [0.717, 1.165) is 11.3 Å². The zero-order chi connectivity index (χ0) is 14.8. The predicted molar refractivity (Wildman–Crippen MR) is 85.9 cm³/mol. The molecule has 1 heterocycles. The average Bonchev–Trinajstić information content (AvgIpc) is 2.76. The Hall–Kier alpha value is -2.88. The number of anilines is 2. The van der Waals surface area contributed by atoms with Gasteiger partial charge in [0.1, 0.15) is 11.5 Å². The van der Waals surface area contributed by atoms with Crippen LogP contribution in [0, 0.1) is 0 Å². The zero-order valence-corrected chi connectivity index (χ0v) is 11.7. The van der Waals surface area contributed by atoms with E-state index in [-0.39, 0.29) is 5.91 Å². The highest BCUT2D eigenvalue weighted by Crippen LogP contribution is 2.25. The molecule has 0 radical (unpaired) electrons. The largest absolute Gasteiger partial charge is 0.399 e. The van der Waals surface area contributed by atoms with Crippen LogP contribution in [0.5, 0.6) is 0 Å². The number of nitrogens with two attached hydrogens (primary N) is 1. The van der Waals surface area contributed by atoms with Crippen LogP contribution in [0.4, 0.5) is 11.4 Å². The number of hydrogen-bond acceptors (Lipinski definition) is 3. The van der Waals surface area contributed by atoms with Gasteiger partial charge in [0.15, 0.2) is 0 Å². The van der Waals surface area contributed by atoms with Gasteiger partial charge < -0.3 is 5.73 Å². The number of amidine groups is 1. The first kappa shape index (κ1) is 13.1. The Morgan fingerprint density at radius 3 is 2.38 bits per heavy atom. The van der Waals surface area contributed by atoms with E-state index in [0.29, 0.717) is 17.2 Å². The molecule has 4 nitrogen and oxygen atoms in total. The number of rotatable bonds is 2. The van der Waals surface area contributed by atoms with Gasteiger partial charge in [0, 0.05) is 5.69 Å². The van der Waals surface area contributed by atoms with E-state index in [4.69, 9.17) is 5.73 Å². The fraction of sp³-hybridized carbons (Fsp3) is 0.0588. The van der Waals surface area contributed by atoms with Crippen LogP contribution in [0.25, 0.3) is 6.08 Å². The average molecular weight is 277 g/mol. The molecule has 4 heteroatoms. The minimum atomic E-state index is -0.124. The van der Waals surface area contributed by atoms with E-state index in [1.165, 1.54) is 0 Å². The SMILES string of the molecule is CC1=N/C(=C\c2ccccc2)C(=O)N1c1ccc(N)cc1. The summed E-state index contributed by atoms with van der Waals surface area (Å²) in [4.78, 5) is 18.5. The Labute approximate surface area is 123 Å². The molecule has 2 aromatic carbocycles. The molecule has 2 N–H and O–H groups in total. The molecule has 0 fully saturated rings. The first-order valence-corrected chi connectivity index (χ1v) is 6.67. The van der Waals surface area contributed by atoms with Gasteiger partial charge in [-0.3, -0.25) is 9.69 Å². The molecule has 2 aromatic rings. The summed E-state index contributed by atoms with van der Waals surface area (Å²) in [6, 6.07) is 16.9. The highest BCUT2D eigenvalue weighted by atomic mass is 16.2. The van der Waals surface area contributed by atoms with Crippen LogP contribution in [0.15, 0.2) is 65.3 Å². The Balaban J connectivity index is 1.94. The molecule has 0 spiro atoms. The van der Waals surface area contributed by atoms with E-state index in [1.807, 2.05) is 49.4 Å². The van der Waals surface area contributed by atoms with Crippen molar-refractivity contribution in [2.75, 3.05) is 10.6 Å². The van der Waals surface area contributed by atoms with Gasteiger partial charge in [-0.2, -0.15) is 0 Å². The topological polar surface area (TPSA) is 58.7 Å². The molecular formula is C17H15N3O. The molecule has 0 saturated heterocycles. The fourth-order valence-electron chi connectivity index (χ4n) is 2.26. The van der Waals surface area contributed by atoms with Crippen molar-refractivity contribution in [2.24, 2.45) is 4.99 Å². The number of carbonyl (C=O) groups is 1. The van der Waals surface area contributed by atoms with Gasteiger partial charge in [-0.1, -0.05) is 30.3 Å². The van der Waals surface area contributed by atoms with Gasteiger partial charge in [0.2, 0.25) is 0 Å². The summed E-state index contributed by atoms with van der Waals surface area (Å²) in [5.41, 5.74) is 8.51. The van der Waals surface area contributed by atoms with Gasteiger partial charge >= 0.3 is 0 Å². The third-order valence-electron chi connectivity index (χ3n) is 3.28. The molecule has 0 aromatic heterocycles. The predicted octanol–water partition coefficient (Wildman–Crippen LogP) is 3.07. The molecule has 1 amide bonds. The first-order chi connectivity index (χ1) is 10.1. The summed E-state index contributed by atoms with van der Waals surface area (Å²) in [5, 5.41) is 0. The number of nitrogen functional groups attached to an aromatic ring is 1. The summed E-state index contributed by atoms with van der Waals surface area (Å²) in [6.45, 7) is 1.82. The van der Waals surface area contributed by atoms with Crippen molar-refractivity contribution < 1.29 is 4.79 Å². The quantitative estimate of drug-likeness (QED) is 0.677. The van der Waals surface area contributed by atoms with Crippen LogP contribution < -0.4 is 10.6 Å². The molecule has 3 rings (SSSR count). The van der Waals surface area contributed by atoms with E-state index in [9.17, 15) is 4.79 Å². The zero-order valence-electron chi connectivity index (χ0n) is 11.7. The molecule has 0 atom stereocenters. The number of amides is 1. The maximum absolute atomic E-state index is 12.5. The standard InChI is InChI=1S/C17H15N3O/c1-12-19-16(11-13-5-3-2-4-6-13)17(21)20(12)15-9-7-14(18)8-10-15/h2-11H,18H2,1H3/b16-11-. The molecule has 0 unspecified atom stereocenters. The first-order valence-electron chi connectivity index (χ1n) is 6.67. The van der Waals surface area contributed by atoms with Crippen molar-refractivity contribution in [3.05, 3.63) is 65.9 Å². The van der Waals surface area contributed by atoms with Gasteiger partial charge in [-0.25, -0.2) is 4.99 Å². The van der Waals surface area contributed by atoms with Crippen LogP contribution in [-0.2, 0) is 4.79 Å². The van der Waals surface area contributed by atoms with Gasteiger partial charge in [-0.15, -0.1) is 0 Å². The van der Waals surface area contributed by atoms with Crippen molar-refractivity contribution in [2.45, 2.75) is 6.92 Å². The van der Waals surface area contributed by atoms with Crippen LogP contribution in [0.1, 0.15) is 12.5 Å². The van der Waals surface area contributed by atoms with E-state index in [1.54, 1.807) is 23.1 Å². The van der Waals surface area contributed by atoms with Gasteiger partial charge in [0.05, 0.1) is 5.69 Å². The fourth-order valence-corrected chi connectivity index (χ4v) is 2.26. The van der Waals surface area contributed by atoms with Crippen LogP contribution in [0.3, 0.4) is 0 Å². The Kier molecular flexibility index (Phi) is 3.28. The number of nitrogens with zero attached hydrogens (tertiary/aromatic N) is 2. The third kappa shape index (κ3) is 2.56. The number of aliphatic imine (C=N–C) groups is 1. The lowest BCUT2D eigenvalue weighted by atomic mass is 10.2.